The lowest BCUT2D eigenvalue weighted by atomic mass is 10.0. The molecule has 1 saturated heterocycles. The number of rotatable bonds is 2. The van der Waals surface area contributed by atoms with E-state index in [2.05, 4.69) is 15.6 Å². The Kier molecular flexibility index (Phi) is 4.54. The minimum atomic E-state index is 0.0368. The molecule has 0 amide bonds. The maximum atomic E-state index is 6.25. The maximum Gasteiger partial charge on any atom is 0.197 e. The van der Waals surface area contributed by atoms with Crippen LogP contribution in [-0.2, 0) is 9.47 Å². The Balaban J connectivity index is 1.72. The van der Waals surface area contributed by atoms with Crippen molar-refractivity contribution < 1.29 is 9.47 Å². The van der Waals surface area contributed by atoms with Crippen molar-refractivity contribution in [1.29, 1.82) is 0 Å². The molecule has 7 heteroatoms. The van der Waals surface area contributed by atoms with E-state index in [0.717, 1.165) is 11.3 Å². The Hall–Kier alpha value is -1.01. The quantitative estimate of drug-likeness (QED) is 0.875. The predicted octanol–water partition coefficient (Wildman–Crippen LogP) is 2.65. The van der Waals surface area contributed by atoms with Gasteiger partial charge in [0.15, 0.2) is 5.96 Å². The van der Waals surface area contributed by atoms with E-state index in [9.17, 15) is 0 Å². The molecule has 0 bridgehead atoms. The smallest absolute Gasteiger partial charge is 0.197 e. The van der Waals surface area contributed by atoms with E-state index in [-0.39, 0.29) is 12.1 Å². The fourth-order valence-electron chi connectivity index (χ4n) is 2.45. The van der Waals surface area contributed by atoms with Crippen LogP contribution in [0, 0.1) is 0 Å². The van der Waals surface area contributed by atoms with Crippen LogP contribution in [0.2, 0.25) is 10.0 Å². The first-order valence-corrected chi connectivity index (χ1v) is 7.67. The molecule has 0 aliphatic carbocycles. The fourth-order valence-corrected chi connectivity index (χ4v) is 2.94. The van der Waals surface area contributed by atoms with Gasteiger partial charge in [0.25, 0.3) is 0 Å². The van der Waals surface area contributed by atoms with Crippen molar-refractivity contribution in [3.8, 4) is 0 Å². The monoisotopic (exact) mass is 329 g/mol. The third-order valence-electron chi connectivity index (χ3n) is 3.51. The van der Waals surface area contributed by atoms with Crippen LogP contribution in [0.5, 0.6) is 0 Å². The highest BCUT2D eigenvalue weighted by atomic mass is 35.5. The van der Waals surface area contributed by atoms with E-state index < -0.39 is 0 Å². The van der Waals surface area contributed by atoms with Crippen molar-refractivity contribution in [3.05, 3.63) is 27.7 Å². The van der Waals surface area contributed by atoms with Crippen LogP contribution >= 0.6 is 23.2 Å². The van der Waals surface area contributed by atoms with Crippen molar-refractivity contribution >= 4 is 34.8 Å². The lowest BCUT2D eigenvalue weighted by Gasteiger charge is -2.28. The highest BCUT2D eigenvalue weighted by Crippen LogP contribution is 2.38. The van der Waals surface area contributed by atoms with Crippen LogP contribution in [0.15, 0.2) is 17.1 Å². The molecule has 0 aromatic heterocycles. The van der Waals surface area contributed by atoms with Crippen molar-refractivity contribution in [2.45, 2.75) is 19.1 Å². The molecule has 2 heterocycles. The third kappa shape index (κ3) is 3.26. The normalized spacial score (nSPS) is 24.8. The zero-order valence-electron chi connectivity index (χ0n) is 11.7. The highest BCUT2D eigenvalue weighted by Gasteiger charge is 2.23. The predicted molar refractivity (Wildman–Crippen MR) is 83.7 cm³/mol. The van der Waals surface area contributed by atoms with Gasteiger partial charge in [0.1, 0.15) is 0 Å². The van der Waals surface area contributed by atoms with Gasteiger partial charge < -0.3 is 20.1 Å². The van der Waals surface area contributed by atoms with Crippen molar-refractivity contribution in [2.24, 2.45) is 4.99 Å². The number of nitrogens with zero attached hydrogens (tertiary/aromatic N) is 1. The second-order valence-electron chi connectivity index (χ2n) is 5.07. The molecule has 1 aromatic carbocycles. The molecule has 114 valence electrons. The first kappa shape index (κ1) is 14.9. The van der Waals surface area contributed by atoms with Gasteiger partial charge in [0, 0.05) is 12.1 Å². The van der Waals surface area contributed by atoms with Crippen LogP contribution in [0.4, 0.5) is 5.69 Å². The number of nitrogens with one attached hydrogen (secondary N) is 2. The standard InChI is InChI=1S/C14H17Cl2N3O2/c1-8-12-11(3-2-10(15)13(12)16)19-14(18-8)17-6-9-7-20-4-5-21-9/h2-3,8-9H,4-7H2,1H3,(H2,17,18,19). The molecular formula is C14H17Cl2N3O2. The molecule has 5 nitrogen and oxygen atoms in total. The number of aliphatic imine (C=N–C) groups is 1. The Labute approximate surface area is 133 Å². The summed E-state index contributed by atoms with van der Waals surface area (Å²) in [6, 6.07) is 3.68. The topological polar surface area (TPSA) is 54.9 Å². The first-order valence-electron chi connectivity index (χ1n) is 6.91. The molecule has 3 rings (SSSR count). The second kappa shape index (κ2) is 6.40. The SMILES string of the molecule is CC1NC(NCC2COCCO2)=Nc2ccc(Cl)c(Cl)c21. The number of benzene rings is 1. The lowest BCUT2D eigenvalue weighted by Crippen LogP contribution is -2.46. The van der Waals surface area contributed by atoms with E-state index in [4.69, 9.17) is 32.7 Å². The summed E-state index contributed by atoms with van der Waals surface area (Å²) in [7, 11) is 0. The Morgan fingerprint density at radius 3 is 3.00 bits per heavy atom. The summed E-state index contributed by atoms with van der Waals surface area (Å²) in [5.74, 6) is 0.711. The van der Waals surface area contributed by atoms with Gasteiger partial charge in [-0.15, -0.1) is 0 Å². The fraction of sp³-hybridized carbons (Fsp3) is 0.500. The number of fused-ring (bicyclic) bond motifs is 1. The number of hydrogen-bond acceptors (Lipinski definition) is 5. The molecule has 0 radical (unpaired) electrons. The number of ether oxygens (including phenoxy) is 2. The van der Waals surface area contributed by atoms with Gasteiger partial charge >= 0.3 is 0 Å². The van der Waals surface area contributed by atoms with Gasteiger partial charge in [-0.1, -0.05) is 23.2 Å². The van der Waals surface area contributed by atoms with E-state index in [1.165, 1.54) is 0 Å². The Morgan fingerprint density at radius 1 is 1.38 bits per heavy atom. The molecule has 2 atom stereocenters. The van der Waals surface area contributed by atoms with E-state index in [1.807, 2.05) is 13.0 Å². The van der Waals surface area contributed by atoms with Gasteiger partial charge in [0.05, 0.1) is 47.7 Å². The minimum absolute atomic E-state index is 0.0368. The zero-order chi connectivity index (χ0) is 14.8. The maximum absolute atomic E-state index is 6.25. The molecule has 21 heavy (non-hydrogen) atoms. The van der Waals surface area contributed by atoms with Crippen LogP contribution < -0.4 is 10.6 Å². The molecule has 0 saturated carbocycles. The van der Waals surface area contributed by atoms with Gasteiger partial charge in [-0.3, -0.25) is 0 Å². The number of halogens is 2. The summed E-state index contributed by atoms with van der Waals surface area (Å²) in [4.78, 5) is 4.54. The minimum Gasteiger partial charge on any atom is -0.376 e. The average molecular weight is 330 g/mol. The number of guanidine groups is 1. The molecule has 1 fully saturated rings. The molecule has 2 aliphatic rings. The van der Waals surface area contributed by atoms with Gasteiger partial charge in [0.2, 0.25) is 0 Å². The summed E-state index contributed by atoms with van der Waals surface area (Å²) in [6.45, 7) is 4.58. The van der Waals surface area contributed by atoms with Crippen molar-refractivity contribution in [3.63, 3.8) is 0 Å². The Bertz CT molecular complexity index is 559. The van der Waals surface area contributed by atoms with Crippen molar-refractivity contribution in [1.82, 2.24) is 10.6 Å². The zero-order valence-corrected chi connectivity index (χ0v) is 13.2. The van der Waals surface area contributed by atoms with Crippen LogP contribution in [0.1, 0.15) is 18.5 Å². The van der Waals surface area contributed by atoms with Crippen molar-refractivity contribution in [2.75, 3.05) is 26.4 Å². The van der Waals surface area contributed by atoms with E-state index >= 15 is 0 Å². The van der Waals surface area contributed by atoms with E-state index in [1.54, 1.807) is 6.07 Å². The van der Waals surface area contributed by atoms with Gasteiger partial charge in [-0.2, -0.15) is 0 Å². The molecule has 1 aromatic rings. The molecule has 2 N–H and O–H groups in total. The second-order valence-corrected chi connectivity index (χ2v) is 5.85. The highest BCUT2D eigenvalue weighted by molar-refractivity contribution is 6.42. The lowest BCUT2D eigenvalue weighted by molar-refractivity contribution is -0.0850. The molecule has 2 aliphatic heterocycles. The summed E-state index contributed by atoms with van der Waals surface area (Å²) in [6.07, 6.45) is 0.0498. The van der Waals surface area contributed by atoms with Gasteiger partial charge in [-0.05, 0) is 19.1 Å². The first-order chi connectivity index (χ1) is 10.1. The molecule has 0 spiro atoms. The summed E-state index contributed by atoms with van der Waals surface area (Å²) in [5, 5.41) is 7.64. The van der Waals surface area contributed by atoms with Gasteiger partial charge in [-0.25, -0.2) is 4.99 Å². The Morgan fingerprint density at radius 2 is 2.24 bits per heavy atom. The summed E-state index contributed by atoms with van der Waals surface area (Å²) < 4.78 is 11.0. The number of hydrogen-bond donors (Lipinski definition) is 2. The summed E-state index contributed by atoms with van der Waals surface area (Å²) >= 11 is 12.3. The average Bonchev–Trinajstić information content (AvgIpc) is 2.50. The third-order valence-corrected chi connectivity index (χ3v) is 4.33. The van der Waals surface area contributed by atoms with E-state index in [0.29, 0.717) is 42.4 Å². The van der Waals surface area contributed by atoms with Crippen LogP contribution in [0.25, 0.3) is 0 Å². The molecule has 2 unspecified atom stereocenters. The molecular weight excluding hydrogens is 313 g/mol. The van der Waals surface area contributed by atoms with Crippen LogP contribution in [-0.4, -0.2) is 38.4 Å². The van der Waals surface area contributed by atoms with Crippen LogP contribution in [0.3, 0.4) is 0 Å². The summed E-state index contributed by atoms with van der Waals surface area (Å²) in [5.41, 5.74) is 1.76. The largest absolute Gasteiger partial charge is 0.376 e.